The Morgan fingerprint density at radius 3 is 2.85 bits per heavy atom. The predicted octanol–water partition coefficient (Wildman–Crippen LogP) is 1.88. The van der Waals surface area contributed by atoms with Gasteiger partial charge in [0, 0.05) is 22.9 Å². The Hall–Kier alpha value is -0.740. The van der Waals surface area contributed by atoms with Gasteiger partial charge in [-0.1, -0.05) is 0 Å². The van der Waals surface area contributed by atoms with E-state index < -0.39 is 0 Å². The van der Waals surface area contributed by atoms with Crippen LogP contribution in [-0.4, -0.2) is 17.5 Å². The molecule has 0 amide bonds. The molecule has 0 aliphatic rings. The maximum Gasteiger partial charge on any atom is 0.125 e. The third-order valence-electron chi connectivity index (χ3n) is 1.53. The van der Waals surface area contributed by atoms with E-state index in [0.717, 1.165) is 17.1 Å². The van der Waals surface area contributed by atoms with Crippen LogP contribution in [0.1, 0.15) is 6.42 Å². The molecule has 1 aromatic carbocycles. The van der Waals surface area contributed by atoms with Gasteiger partial charge in [-0.3, -0.25) is 0 Å². The first-order valence-corrected chi connectivity index (χ1v) is 5.01. The molecule has 0 aliphatic carbocycles. The molecule has 0 aliphatic heterocycles. The fourth-order valence-corrected chi connectivity index (χ4v) is 1.78. The number of rotatable bonds is 4. The van der Waals surface area contributed by atoms with Crippen molar-refractivity contribution in [2.45, 2.75) is 11.3 Å². The summed E-state index contributed by atoms with van der Waals surface area (Å²) in [5, 5.41) is 8.55. The molecule has 0 saturated heterocycles. The van der Waals surface area contributed by atoms with Crippen LogP contribution in [0, 0.1) is 5.82 Å². The number of aliphatic hydroxyl groups is 1. The summed E-state index contributed by atoms with van der Waals surface area (Å²) in [6, 6.07) is 4.35. The molecule has 0 atom stereocenters. The Balaban J connectivity index is 2.56. The Morgan fingerprint density at radius 1 is 1.46 bits per heavy atom. The largest absolute Gasteiger partial charge is 0.398 e. The minimum absolute atomic E-state index is 0.175. The minimum Gasteiger partial charge on any atom is -0.398 e. The Morgan fingerprint density at radius 2 is 2.23 bits per heavy atom. The molecule has 1 aromatic rings. The van der Waals surface area contributed by atoms with E-state index in [9.17, 15) is 4.39 Å². The lowest BCUT2D eigenvalue weighted by atomic mass is 10.3. The molecule has 0 unspecified atom stereocenters. The van der Waals surface area contributed by atoms with Crippen molar-refractivity contribution < 1.29 is 9.50 Å². The van der Waals surface area contributed by atoms with Crippen molar-refractivity contribution >= 4 is 17.4 Å². The number of hydrogen-bond acceptors (Lipinski definition) is 3. The zero-order chi connectivity index (χ0) is 9.68. The summed E-state index contributed by atoms with van der Waals surface area (Å²) >= 11 is 1.53. The highest BCUT2D eigenvalue weighted by Gasteiger charge is 2.00. The number of anilines is 1. The molecule has 0 bridgehead atoms. The van der Waals surface area contributed by atoms with Crippen molar-refractivity contribution in [3.63, 3.8) is 0 Å². The van der Waals surface area contributed by atoms with E-state index >= 15 is 0 Å². The van der Waals surface area contributed by atoms with Gasteiger partial charge in [0.1, 0.15) is 5.82 Å². The maximum atomic E-state index is 12.6. The second kappa shape index (κ2) is 5.09. The lowest BCUT2D eigenvalue weighted by molar-refractivity contribution is 0.296. The fraction of sp³-hybridized carbons (Fsp3) is 0.333. The molecule has 4 heteroatoms. The number of thioether (sulfide) groups is 1. The van der Waals surface area contributed by atoms with Gasteiger partial charge in [-0.2, -0.15) is 0 Å². The van der Waals surface area contributed by atoms with Crippen LogP contribution in [0.5, 0.6) is 0 Å². The molecular formula is C9H12FNOS. The van der Waals surface area contributed by atoms with Crippen LogP contribution in [0.3, 0.4) is 0 Å². The summed E-state index contributed by atoms with van der Waals surface area (Å²) in [4.78, 5) is 0.870. The normalized spacial score (nSPS) is 10.3. The van der Waals surface area contributed by atoms with E-state index in [1.807, 2.05) is 0 Å². The van der Waals surface area contributed by atoms with Gasteiger partial charge >= 0.3 is 0 Å². The second-order valence-electron chi connectivity index (χ2n) is 2.61. The Kier molecular flexibility index (Phi) is 4.05. The monoisotopic (exact) mass is 201 g/mol. The number of aliphatic hydroxyl groups excluding tert-OH is 1. The molecule has 72 valence electrons. The second-order valence-corrected chi connectivity index (χ2v) is 3.74. The zero-order valence-corrected chi connectivity index (χ0v) is 7.98. The van der Waals surface area contributed by atoms with Crippen molar-refractivity contribution in [2.75, 3.05) is 18.1 Å². The first kappa shape index (κ1) is 10.3. The van der Waals surface area contributed by atoms with Crippen LogP contribution in [-0.2, 0) is 0 Å². The highest BCUT2D eigenvalue weighted by molar-refractivity contribution is 7.99. The molecule has 0 saturated carbocycles. The van der Waals surface area contributed by atoms with Gasteiger partial charge in [0.25, 0.3) is 0 Å². The van der Waals surface area contributed by atoms with Crippen LogP contribution in [0.2, 0.25) is 0 Å². The SMILES string of the molecule is Nc1cc(F)ccc1SCCCO. The van der Waals surface area contributed by atoms with Crippen LogP contribution in [0.15, 0.2) is 23.1 Å². The third-order valence-corrected chi connectivity index (χ3v) is 2.71. The quantitative estimate of drug-likeness (QED) is 0.444. The van der Waals surface area contributed by atoms with Gasteiger partial charge in [0.2, 0.25) is 0 Å². The standard InChI is InChI=1S/C9H12FNOS/c10-7-2-3-9(8(11)6-7)13-5-1-4-12/h2-3,6,12H,1,4-5,11H2. The van der Waals surface area contributed by atoms with Crippen molar-refractivity contribution in [1.29, 1.82) is 0 Å². The Bertz CT molecular complexity index is 280. The van der Waals surface area contributed by atoms with E-state index in [1.54, 1.807) is 6.07 Å². The van der Waals surface area contributed by atoms with Gasteiger partial charge in [0.05, 0.1) is 0 Å². The topological polar surface area (TPSA) is 46.2 Å². The molecule has 3 N–H and O–H groups in total. The van der Waals surface area contributed by atoms with Gasteiger partial charge in [-0.05, 0) is 24.6 Å². The highest BCUT2D eigenvalue weighted by atomic mass is 32.2. The fourth-order valence-electron chi connectivity index (χ4n) is 0.897. The molecule has 0 fully saturated rings. The number of hydrogen-bond donors (Lipinski definition) is 2. The van der Waals surface area contributed by atoms with Crippen LogP contribution in [0.4, 0.5) is 10.1 Å². The third kappa shape index (κ3) is 3.24. The molecule has 1 rings (SSSR count). The van der Waals surface area contributed by atoms with Gasteiger partial charge in [-0.25, -0.2) is 4.39 Å². The van der Waals surface area contributed by atoms with Crippen molar-refractivity contribution in [3.8, 4) is 0 Å². The smallest absolute Gasteiger partial charge is 0.125 e. The van der Waals surface area contributed by atoms with E-state index in [4.69, 9.17) is 10.8 Å². The molecule has 0 radical (unpaired) electrons. The van der Waals surface area contributed by atoms with E-state index in [-0.39, 0.29) is 12.4 Å². The molecule has 2 nitrogen and oxygen atoms in total. The average Bonchev–Trinajstić information content (AvgIpc) is 2.09. The lowest BCUT2D eigenvalue weighted by Gasteiger charge is -2.03. The first-order chi connectivity index (χ1) is 6.24. The van der Waals surface area contributed by atoms with Crippen LogP contribution in [0.25, 0.3) is 0 Å². The van der Waals surface area contributed by atoms with Gasteiger partial charge < -0.3 is 10.8 Å². The number of benzene rings is 1. The van der Waals surface area contributed by atoms with Crippen LogP contribution < -0.4 is 5.73 Å². The molecule has 0 heterocycles. The number of nitrogen functional groups attached to an aromatic ring is 1. The van der Waals surface area contributed by atoms with E-state index in [1.165, 1.54) is 23.9 Å². The summed E-state index contributed by atoms with van der Waals surface area (Å²) in [7, 11) is 0. The first-order valence-electron chi connectivity index (χ1n) is 4.02. The summed E-state index contributed by atoms with van der Waals surface area (Å²) in [6.07, 6.45) is 0.724. The predicted molar refractivity (Wildman–Crippen MR) is 53.2 cm³/mol. The van der Waals surface area contributed by atoms with E-state index in [2.05, 4.69) is 0 Å². The van der Waals surface area contributed by atoms with E-state index in [0.29, 0.717) is 5.69 Å². The highest BCUT2D eigenvalue weighted by Crippen LogP contribution is 2.25. The lowest BCUT2D eigenvalue weighted by Crippen LogP contribution is -1.91. The minimum atomic E-state index is -0.316. The molecule has 0 spiro atoms. The summed E-state index contributed by atoms with van der Waals surface area (Å²) in [5.41, 5.74) is 6.04. The summed E-state index contributed by atoms with van der Waals surface area (Å²) < 4.78 is 12.6. The van der Waals surface area contributed by atoms with Crippen molar-refractivity contribution in [1.82, 2.24) is 0 Å². The van der Waals surface area contributed by atoms with Crippen molar-refractivity contribution in [3.05, 3.63) is 24.0 Å². The van der Waals surface area contributed by atoms with Crippen molar-refractivity contribution in [2.24, 2.45) is 0 Å². The number of nitrogens with two attached hydrogens (primary N) is 1. The molecule has 0 aromatic heterocycles. The van der Waals surface area contributed by atoms with Gasteiger partial charge in [-0.15, -0.1) is 11.8 Å². The Labute approximate surface area is 80.9 Å². The van der Waals surface area contributed by atoms with Crippen LogP contribution >= 0.6 is 11.8 Å². The number of halogens is 1. The maximum absolute atomic E-state index is 12.6. The average molecular weight is 201 g/mol. The molecule has 13 heavy (non-hydrogen) atoms. The zero-order valence-electron chi connectivity index (χ0n) is 7.16. The summed E-state index contributed by atoms with van der Waals surface area (Å²) in [6.45, 7) is 0.175. The van der Waals surface area contributed by atoms with Gasteiger partial charge in [0.15, 0.2) is 0 Å². The summed E-state index contributed by atoms with van der Waals surface area (Å²) in [5.74, 6) is 0.482. The molecular weight excluding hydrogens is 189 g/mol.